The zero-order valence-corrected chi connectivity index (χ0v) is 20.1. The Morgan fingerprint density at radius 2 is 1.88 bits per heavy atom. The molecule has 0 saturated carbocycles. The van der Waals surface area contributed by atoms with Crippen molar-refractivity contribution in [2.24, 2.45) is 0 Å². The van der Waals surface area contributed by atoms with E-state index in [1.54, 1.807) is 24.4 Å². The van der Waals surface area contributed by atoms with E-state index in [0.717, 1.165) is 35.5 Å². The molecule has 4 heterocycles. The van der Waals surface area contributed by atoms with E-state index < -0.39 is 5.69 Å². The van der Waals surface area contributed by atoms with Crippen LogP contribution in [0.15, 0.2) is 41.5 Å². The van der Waals surface area contributed by atoms with E-state index in [0.29, 0.717) is 11.4 Å². The van der Waals surface area contributed by atoms with Crippen LogP contribution in [0.1, 0.15) is 25.1 Å². The topological polar surface area (TPSA) is 115 Å². The highest BCUT2D eigenvalue weighted by Crippen LogP contribution is 2.30. The summed E-state index contributed by atoms with van der Waals surface area (Å²) in [5.41, 5.74) is 9.12. The normalized spacial score (nSPS) is 13.9. The fourth-order valence-corrected chi connectivity index (χ4v) is 4.62. The monoisotopic (exact) mass is 496 g/mol. The first-order chi connectivity index (χ1) is 16.3. The van der Waals surface area contributed by atoms with Gasteiger partial charge >= 0.3 is 5.69 Å². The summed E-state index contributed by atoms with van der Waals surface area (Å²) in [6.07, 6.45) is 4.20. The van der Waals surface area contributed by atoms with Gasteiger partial charge in [0.1, 0.15) is 5.82 Å². The molecular formula is C23H22Cl2N8O. The predicted octanol–water partition coefficient (Wildman–Crippen LogP) is 3.97. The second-order valence-corrected chi connectivity index (χ2v) is 9.20. The van der Waals surface area contributed by atoms with E-state index in [4.69, 9.17) is 28.9 Å². The van der Waals surface area contributed by atoms with E-state index in [1.165, 1.54) is 11.8 Å². The Balaban J connectivity index is 1.47. The Labute approximate surface area is 205 Å². The second kappa shape index (κ2) is 8.83. The molecule has 0 fully saturated rings. The minimum Gasteiger partial charge on any atom is -0.384 e. The molecule has 9 nitrogen and oxygen atoms in total. The molecule has 1 aromatic carbocycles. The summed E-state index contributed by atoms with van der Waals surface area (Å²) in [4.78, 5) is 32.7. The summed E-state index contributed by atoms with van der Waals surface area (Å²) in [5.74, 6) is 0.385. The summed E-state index contributed by atoms with van der Waals surface area (Å²) in [7, 11) is 0. The number of benzene rings is 1. The van der Waals surface area contributed by atoms with Crippen LogP contribution in [0.5, 0.6) is 0 Å². The minimum absolute atomic E-state index is 0.0988. The van der Waals surface area contributed by atoms with Crippen LogP contribution in [-0.2, 0) is 13.0 Å². The van der Waals surface area contributed by atoms with Gasteiger partial charge in [0.05, 0.1) is 38.7 Å². The molecule has 1 aliphatic heterocycles. The van der Waals surface area contributed by atoms with Crippen LogP contribution < -0.4 is 16.7 Å². The van der Waals surface area contributed by atoms with Crippen molar-refractivity contribution in [1.82, 2.24) is 29.4 Å². The van der Waals surface area contributed by atoms with Gasteiger partial charge in [-0.15, -0.1) is 0 Å². The van der Waals surface area contributed by atoms with Gasteiger partial charge in [-0.1, -0.05) is 29.3 Å². The molecule has 11 heteroatoms. The number of pyridine rings is 1. The molecule has 0 radical (unpaired) electrons. The molecule has 0 spiro atoms. The van der Waals surface area contributed by atoms with Gasteiger partial charge in [-0.25, -0.2) is 14.3 Å². The van der Waals surface area contributed by atoms with E-state index in [-0.39, 0.29) is 33.1 Å². The lowest BCUT2D eigenvalue weighted by molar-refractivity contribution is 0.200. The lowest BCUT2D eigenvalue weighted by atomic mass is 10.0. The predicted molar refractivity (Wildman–Crippen MR) is 134 cm³/mol. The number of nitrogen functional groups attached to an aromatic ring is 1. The highest BCUT2D eigenvalue weighted by atomic mass is 35.5. The molecule has 5 rings (SSSR count). The number of halogens is 2. The van der Waals surface area contributed by atoms with Gasteiger partial charge in [0.2, 0.25) is 5.95 Å². The number of fused-ring (bicyclic) bond motifs is 2. The Morgan fingerprint density at radius 1 is 1.12 bits per heavy atom. The number of aromatic nitrogens is 5. The van der Waals surface area contributed by atoms with Crippen molar-refractivity contribution in [2.45, 2.75) is 32.9 Å². The fourth-order valence-electron chi connectivity index (χ4n) is 4.05. The maximum atomic E-state index is 12.8. The second-order valence-electron chi connectivity index (χ2n) is 8.39. The fraction of sp³-hybridized carbons (Fsp3) is 0.261. The van der Waals surface area contributed by atoms with Crippen molar-refractivity contribution >= 4 is 51.7 Å². The van der Waals surface area contributed by atoms with Crippen LogP contribution in [-0.4, -0.2) is 42.0 Å². The van der Waals surface area contributed by atoms with Gasteiger partial charge in [-0.2, -0.15) is 9.97 Å². The van der Waals surface area contributed by atoms with Gasteiger partial charge in [-0.3, -0.25) is 9.88 Å². The van der Waals surface area contributed by atoms with Crippen LogP contribution in [0, 0.1) is 0 Å². The first kappa shape index (κ1) is 22.5. The number of rotatable bonds is 4. The SMILES string of the molecule is CC(C)N1CCc2cc(Nc3ncc4c(N)n(-c5c(Cl)cccc5Cl)c(=O)nc4n3)cnc2C1. The first-order valence-electron chi connectivity index (χ1n) is 10.8. The van der Waals surface area contributed by atoms with Crippen LogP contribution in [0.2, 0.25) is 10.0 Å². The molecule has 34 heavy (non-hydrogen) atoms. The molecular weight excluding hydrogens is 475 g/mol. The van der Waals surface area contributed by atoms with E-state index in [1.807, 2.05) is 0 Å². The van der Waals surface area contributed by atoms with Gasteiger partial charge in [0.15, 0.2) is 5.65 Å². The number of anilines is 3. The third-order valence-electron chi connectivity index (χ3n) is 5.91. The Kier molecular flexibility index (Phi) is 5.85. The number of nitrogens with two attached hydrogens (primary N) is 1. The first-order valence-corrected chi connectivity index (χ1v) is 11.6. The molecule has 1 aliphatic rings. The van der Waals surface area contributed by atoms with Crippen LogP contribution in [0.3, 0.4) is 0 Å². The molecule has 4 aromatic rings. The molecule has 0 saturated heterocycles. The lowest BCUT2D eigenvalue weighted by Crippen LogP contribution is -2.36. The van der Waals surface area contributed by atoms with Crippen molar-refractivity contribution in [3.05, 3.63) is 68.4 Å². The van der Waals surface area contributed by atoms with Crippen molar-refractivity contribution in [1.29, 1.82) is 0 Å². The number of nitrogens with zero attached hydrogens (tertiary/aromatic N) is 6. The maximum Gasteiger partial charge on any atom is 0.355 e. The standard InChI is InChI=1S/C23H22Cl2N8O/c1-12(2)32-7-6-13-8-14(9-27-18(13)11-32)29-22-28-10-15-20(26)33(23(34)31-21(15)30-22)19-16(24)4-3-5-17(19)25/h3-5,8-10,12H,6-7,11,26H2,1-2H3,(H,29,30,31,34). The van der Waals surface area contributed by atoms with E-state index >= 15 is 0 Å². The van der Waals surface area contributed by atoms with Gasteiger partial charge in [0.25, 0.3) is 0 Å². The third kappa shape index (κ3) is 4.06. The number of nitrogens with one attached hydrogen (secondary N) is 1. The zero-order valence-electron chi connectivity index (χ0n) is 18.6. The Hall–Kier alpha value is -3.27. The molecule has 0 unspecified atom stereocenters. The zero-order chi connectivity index (χ0) is 24.0. The largest absolute Gasteiger partial charge is 0.384 e. The number of para-hydroxylation sites is 1. The average molecular weight is 497 g/mol. The number of hydrogen-bond donors (Lipinski definition) is 2. The highest BCUT2D eigenvalue weighted by molar-refractivity contribution is 6.37. The summed E-state index contributed by atoms with van der Waals surface area (Å²) in [5, 5.41) is 4.11. The van der Waals surface area contributed by atoms with Crippen molar-refractivity contribution in [3.8, 4) is 5.69 Å². The van der Waals surface area contributed by atoms with Crippen LogP contribution >= 0.6 is 23.2 Å². The molecule has 0 amide bonds. The number of hydrogen-bond acceptors (Lipinski definition) is 8. The molecule has 0 bridgehead atoms. The van der Waals surface area contributed by atoms with E-state index in [2.05, 4.69) is 50.1 Å². The van der Waals surface area contributed by atoms with Gasteiger partial charge in [-0.05, 0) is 44.0 Å². The van der Waals surface area contributed by atoms with Crippen molar-refractivity contribution in [2.75, 3.05) is 17.6 Å². The van der Waals surface area contributed by atoms with Gasteiger partial charge < -0.3 is 11.1 Å². The lowest BCUT2D eigenvalue weighted by Gasteiger charge is -2.31. The molecule has 3 aromatic heterocycles. The smallest absolute Gasteiger partial charge is 0.355 e. The van der Waals surface area contributed by atoms with Crippen molar-refractivity contribution in [3.63, 3.8) is 0 Å². The van der Waals surface area contributed by atoms with E-state index in [9.17, 15) is 4.79 Å². The molecule has 0 atom stereocenters. The third-order valence-corrected chi connectivity index (χ3v) is 6.52. The Morgan fingerprint density at radius 3 is 2.62 bits per heavy atom. The molecule has 174 valence electrons. The highest BCUT2D eigenvalue weighted by Gasteiger charge is 2.20. The minimum atomic E-state index is -0.644. The summed E-state index contributed by atoms with van der Waals surface area (Å²) < 4.78 is 1.16. The van der Waals surface area contributed by atoms with Crippen molar-refractivity contribution < 1.29 is 0 Å². The molecule has 0 aliphatic carbocycles. The quantitative estimate of drug-likeness (QED) is 0.435. The van der Waals surface area contributed by atoms with Gasteiger partial charge in [0, 0.05) is 25.3 Å². The summed E-state index contributed by atoms with van der Waals surface area (Å²) in [6, 6.07) is 7.47. The maximum absolute atomic E-state index is 12.8. The van der Waals surface area contributed by atoms with Crippen LogP contribution in [0.25, 0.3) is 16.7 Å². The Bertz CT molecular complexity index is 1450. The summed E-state index contributed by atoms with van der Waals surface area (Å²) >= 11 is 12.5. The summed E-state index contributed by atoms with van der Waals surface area (Å²) in [6.45, 7) is 6.21. The van der Waals surface area contributed by atoms with Crippen LogP contribution in [0.4, 0.5) is 17.5 Å². The molecule has 3 N–H and O–H groups in total. The average Bonchev–Trinajstić information content (AvgIpc) is 2.80.